The first-order valence-corrected chi connectivity index (χ1v) is 9.95. The zero-order valence-electron chi connectivity index (χ0n) is 18.3. The Morgan fingerprint density at radius 2 is 1.91 bits per heavy atom. The van der Waals surface area contributed by atoms with Gasteiger partial charge in [0, 0.05) is 25.6 Å². The van der Waals surface area contributed by atoms with E-state index in [-0.39, 0.29) is 17.3 Å². The van der Waals surface area contributed by atoms with Crippen LogP contribution < -0.4 is 15.8 Å². The van der Waals surface area contributed by atoms with Gasteiger partial charge < -0.3 is 10.2 Å². The van der Waals surface area contributed by atoms with E-state index < -0.39 is 35.2 Å². The third kappa shape index (κ3) is 5.17. The predicted molar refractivity (Wildman–Crippen MR) is 117 cm³/mol. The summed E-state index contributed by atoms with van der Waals surface area (Å²) in [7, 11) is 1.65. The van der Waals surface area contributed by atoms with Crippen molar-refractivity contribution in [1.29, 1.82) is 10.7 Å². The van der Waals surface area contributed by atoms with Crippen LogP contribution in [0.5, 0.6) is 0 Å². The van der Waals surface area contributed by atoms with Crippen LogP contribution >= 0.6 is 0 Å². The van der Waals surface area contributed by atoms with E-state index in [1.54, 1.807) is 50.3 Å². The molecule has 0 radical (unpaired) electrons. The highest BCUT2D eigenvalue weighted by molar-refractivity contribution is 6.12. The molecule has 3 rings (SSSR count). The Kier molecular flexibility index (Phi) is 6.90. The lowest BCUT2D eigenvalue weighted by Crippen LogP contribution is -2.30. The number of alkyl halides is 3. The molecule has 0 aliphatic heterocycles. The van der Waals surface area contributed by atoms with Gasteiger partial charge in [-0.2, -0.15) is 23.4 Å². The van der Waals surface area contributed by atoms with Crippen LogP contribution in [-0.2, 0) is 6.18 Å². The predicted octanol–water partition coefficient (Wildman–Crippen LogP) is 3.24. The number of aromatic amines is 1. The topological polar surface area (TPSA) is 147 Å². The van der Waals surface area contributed by atoms with Crippen molar-refractivity contribution in [2.24, 2.45) is 0 Å². The van der Waals surface area contributed by atoms with Crippen molar-refractivity contribution in [3.05, 3.63) is 69.8 Å². The third-order valence-corrected chi connectivity index (χ3v) is 5.07. The van der Waals surface area contributed by atoms with Crippen LogP contribution in [0.3, 0.4) is 0 Å². The number of anilines is 2. The van der Waals surface area contributed by atoms with Gasteiger partial charge in [0.25, 0.3) is 5.56 Å². The van der Waals surface area contributed by atoms with Gasteiger partial charge in [0.15, 0.2) is 0 Å². The van der Waals surface area contributed by atoms with Crippen LogP contribution in [0, 0.1) is 16.7 Å². The zero-order valence-corrected chi connectivity index (χ0v) is 18.3. The van der Waals surface area contributed by atoms with Gasteiger partial charge in [-0.1, -0.05) is 6.07 Å². The first-order chi connectivity index (χ1) is 16.0. The van der Waals surface area contributed by atoms with Crippen molar-refractivity contribution in [3.63, 3.8) is 0 Å². The number of pyridine rings is 1. The van der Waals surface area contributed by atoms with Crippen LogP contribution in [0.4, 0.5) is 24.9 Å². The maximum atomic E-state index is 12.8. The van der Waals surface area contributed by atoms with Crippen molar-refractivity contribution in [2.75, 3.05) is 17.3 Å². The van der Waals surface area contributed by atoms with Crippen LogP contribution in [0.15, 0.2) is 41.6 Å². The summed E-state index contributed by atoms with van der Waals surface area (Å²) >= 11 is 0. The molecule has 0 saturated carbocycles. The van der Waals surface area contributed by atoms with E-state index in [4.69, 9.17) is 5.41 Å². The molecular formula is C21H20F3N9O. The molecule has 0 bridgehead atoms. The Labute approximate surface area is 192 Å². The van der Waals surface area contributed by atoms with E-state index in [0.29, 0.717) is 11.4 Å². The van der Waals surface area contributed by atoms with Crippen LogP contribution in [0.1, 0.15) is 48.6 Å². The second-order valence-electron chi connectivity index (χ2n) is 7.33. The molecule has 0 aliphatic rings. The molecule has 0 fully saturated rings. The van der Waals surface area contributed by atoms with Gasteiger partial charge in [-0.3, -0.25) is 20.2 Å². The average Bonchev–Trinajstić information content (AvgIpc) is 2.82. The van der Waals surface area contributed by atoms with E-state index in [1.807, 2.05) is 0 Å². The van der Waals surface area contributed by atoms with Crippen molar-refractivity contribution in [2.45, 2.75) is 32.1 Å². The molecule has 0 spiro atoms. The molecule has 34 heavy (non-hydrogen) atoms. The maximum absolute atomic E-state index is 12.8. The number of nitrogens with zero attached hydrogens (tertiary/aromatic N) is 6. The molecule has 0 saturated heterocycles. The molecule has 13 heteroatoms. The highest BCUT2D eigenvalue weighted by Gasteiger charge is 2.32. The molecule has 3 heterocycles. The van der Waals surface area contributed by atoms with Gasteiger partial charge in [0.1, 0.15) is 34.7 Å². The number of nitriles is 1. The highest BCUT2D eigenvalue weighted by Crippen LogP contribution is 2.29. The van der Waals surface area contributed by atoms with Crippen molar-refractivity contribution < 1.29 is 13.2 Å². The van der Waals surface area contributed by atoms with Crippen molar-refractivity contribution in [1.82, 2.24) is 24.9 Å². The fourth-order valence-corrected chi connectivity index (χ4v) is 3.02. The molecule has 176 valence electrons. The summed E-state index contributed by atoms with van der Waals surface area (Å²) < 4.78 is 38.4. The van der Waals surface area contributed by atoms with E-state index in [9.17, 15) is 23.2 Å². The summed E-state index contributed by atoms with van der Waals surface area (Å²) in [4.78, 5) is 33.1. The van der Waals surface area contributed by atoms with Crippen LogP contribution in [0.2, 0.25) is 0 Å². The van der Waals surface area contributed by atoms with Crippen LogP contribution in [0.25, 0.3) is 0 Å². The van der Waals surface area contributed by atoms with Crippen molar-refractivity contribution >= 4 is 17.5 Å². The standard InChI is InChI=1S/C21H20F3N9O/c1-11(13-5-6-15(29-10-13)21(22,23)24)30-18-16(14(26)9-25)19(34)32-20(31-18)33(3)12(2)17-27-7-4-8-28-17/h4-8,10-12,26H,1-3H3,(H2,30,31,32,34). The maximum Gasteiger partial charge on any atom is 0.433 e. The summed E-state index contributed by atoms with van der Waals surface area (Å²) in [6, 6.07) is 4.32. The molecule has 3 aromatic heterocycles. The van der Waals surface area contributed by atoms with E-state index in [2.05, 4.69) is 30.2 Å². The number of H-pyrrole nitrogens is 1. The number of hydrogen-bond acceptors (Lipinski definition) is 9. The second kappa shape index (κ2) is 9.65. The van der Waals surface area contributed by atoms with Gasteiger partial charge in [-0.25, -0.2) is 9.97 Å². The number of nitrogens with one attached hydrogen (secondary N) is 3. The van der Waals surface area contributed by atoms with Gasteiger partial charge in [0.05, 0.1) is 12.1 Å². The smallest absolute Gasteiger partial charge is 0.363 e. The SMILES string of the molecule is CC(Nc1nc(N(C)C(C)c2ncccn2)[nH]c(=O)c1C(=N)C#N)c1ccc(C(F)(F)F)nc1. The molecular weight excluding hydrogens is 451 g/mol. The molecule has 3 aromatic rings. The lowest BCUT2D eigenvalue weighted by atomic mass is 10.1. The van der Waals surface area contributed by atoms with Crippen molar-refractivity contribution in [3.8, 4) is 6.07 Å². The third-order valence-electron chi connectivity index (χ3n) is 5.07. The number of rotatable bonds is 7. The van der Waals surface area contributed by atoms with E-state index in [0.717, 1.165) is 12.3 Å². The van der Waals surface area contributed by atoms with E-state index >= 15 is 0 Å². The Hall–Kier alpha value is -4.34. The molecule has 2 unspecified atom stereocenters. The molecule has 3 N–H and O–H groups in total. The van der Waals surface area contributed by atoms with Gasteiger partial charge in [0.2, 0.25) is 5.95 Å². The highest BCUT2D eigenvalue weighted by atomic mass is 19.4. The average molecular weight is 471 g/mol. The first-order valence-electron chi connectivity index (χ1n) is 9.95. The number of halogens is 3. The molecule has 0 aliphatic carbocycles. The minimum Gasteiger partial charge on any atom is -0.363 e. The fraction of sp³-hybridized carbons (Fsp3) is 0.286. The lowest BCUT2D eigenvalue weighted by Gasteiger charge is -2.25. The Bertz CT molecular complexity index is 1270. The quantitative estimate of drug-likeness (QED) is 0.445. The first kappa shape index (κ1) is 24.3. The normalized spacial score (nSPS) is 13.0. The largest absolute Gasteiger partial charge is 0.433 e. The van der Waals surface area contributed by atoms with Gasteiger partial charge in [-0.15, -0.1) is 0 Å². The minimum absolute atomic E-state index is 0.0780. The van der Waals surface area contributed by atoms with Gasteiger partial charge in [-0.05, 0) is 31.5 Å². The Morgan fingerprint density at radius 3 is 2.47 bits per heavy atom. The van der Waals surface area contributed by atoms with Gasteiger partial charge >= 0.3 is 6.18 Å². The Morgan fingerprint density at radius 1 is 1.24 bits per heavy atom. The summed E-state index contributed by atoms with van der Waals surface area (Å²) in [5, 5.41) is 20.0. The Balaban J connectivity index is 1.98. The summed E-state index contributed by atoms with van der Waals surface area (Å²) in [6.07, 6.45) is -0.359. The monoisotopic (exact) mass is 471 g/mol. The molecule has 10 nitrogen and oxygen atoms in total. The summed E-state index contributed by atoms with van der Waals surface area (Å²) in [5.74, 6) is 0.505. The molecule has 0 aromatic carbocycles. The molecule has 2 atom stereocenters. The second-order valence-corrected chi connectivity index (χ2v) is 7.33. The van der Waals surface area contributed by atoms with E-state index in [1.165, 1.54) is 6.07 Å². The summed E-state index contributed by atoms with van der Waals surface area (Å²) in [6.45, 7) is 3.42. The summed E-state index contributed by atoms with van der Waals surface area (Å²) in [5.41, 5.74) is -2.31. The lowest BCUT2D eigenvalue weighted by molar-refractivity contribution is -0.141. The fourth-order valence-electron chi connectivity index (χ4n) is 3.02. The van der Waals surface area contributed by atoms with Crippen LogP contribution in [-0.4, -0.2) is 37.7 Å². The zero-order chi connectivity index (χ0) is 25.0. The number of aromatic nitrogens is 5. The number of hydrogen-bond donors (Lipinski definition) is 3. The molecule has 0 amide bonds. The minimum atomic E-state index is -4.57.